The van der Waals surface area contributed by atoms with Crippen LogP contribution < -0.4 is 10.1 Å². The van der Waals surface area contributed by atoms with E-state index in [0.29, 0.717) is 23.2 Å². The summed E-state index contributed by atoms with van der Waals surface area (Å²) in [5.74, 6) is 1.42. The predicted molar refractivity (Wildman–Crippen MR) is 94.0 cm³/mol. The van der Waals surface area contributed by atoms with Gasteiger partial charge in [-0.25, -0.2) is 4.99 Å². The van der Waals surface area contributed by atoms with E-state index in [9.17, 15) is 4.79 Å². The van der Waals surface area contributed by atoms with E-state index in [1.807, 2.05) is 30.3 Å². The number of aromatic nitrogens is 1. The minimum atomic E-state index is -0.223. The molecule has 0 radical (unpaired) electrons. The lowest BCUT2D eigenvalue weighted by atomic mass is 10.00. The Kier molecular flexibility index (Phi) is 4.42. The van der Waals surface area contributed by atoms with E-state index in [1.54, 1.807) is 25.6 Å². The number of amidine groups is 1. The molecule has 0 fully saturated rings. The van der Waals surface area contributed by atoms with Crippen LogP contribution in [0, 0.1) is 0 Å². The van der Waals surface area contributed by atoms with E-state index < -0.39 is 0 Å². The molecule has 1 aromatic heterocycles. The molecule has 122 valence electrons. The van der Waals surface area contributed by atoms with Gasteiger partial charge in [-0.3, -0.25) is 9.78 Å². The van der Waals surface area contributed by atoms with Crippen LogP contribution in [0.1, 0.15) is 36.5 Å². The van der Waals surface area contributed by atoms with Crippen molar-refractivity contribution in [3.8, 4) is 5.75 Å². The number of rotatable bonds is 4. The highest BCUT2D eigenvalue weighted by Crippen LogP contribution is 2.27. The number of hydrogen-bond acceptors (Lipinski definition) is 4. The summed E-state index contributed by atoms with van der Waals surface area (Å²) >= 11 is 0. The average molecular weight is 321 g/mol. The maximum atomic E-state index is 12.2. The summed E-state index contributed by atoms with van der Waals surface area (Å²) in [5, 5.41) is 2.79. The zero-order chi connectivity index (χ0) is 17.1. The summed E-state index contributed by atoms with van der Waals surface area (Å²) in [6.45, 7) is 4.25. The SMILES string of the molecule is COc1ccc(C(C)C)cc1/C=C1\N=C(c2ccncc2)NC1=O. The Bertz CT molecular complexity index is 824. The Morgan fingerprint density at radius 1 is 1.17 bits per heavy atom. The molecular formula is C19H19N3O2. The summed E-state index contributed by atoms with van der Waals surface area (Å²) in [6.07, 6.45) is 5.09. The van der Waals surface area contributed by atoms with E-state index in [-0.39, 0.29) is 5.91 Å². The molecular weight excluding hydrogens is 302 g/mol. The summed E-state index contributed by atoms with van der Waals surface area (Å²) in [5.41, 5.74) is 3.21. The van der Waals surface area contributed by atoms with Crippen LogP contribution in [0.3, 0.4) is 0 Å². The van der Waals surface area contributed by atoms with Crippen LogP contribution in [0.15, 0.2) is 53.4 Å². The van der Waals surface area contributed by atoms with Crippen molar-refractivity contribution < 1.29 is 9.53 Å². The van der Waals surface area contributed by atoms with Crippen LogP contribution in [0.25, 0.3) is 6.08 Å². The molecule has 0 bridgehead atoms. The first-order chi connectivity index (χ1) is 11.6. The Labute approximate surface area is 141 Å². The van der Waals surface area contributed by atoms with Crippen LogP contribution in [0.5, 0.6) is 5.75 Å². The molecule has 0 saturated carbocycles. The molecule has 5 heteroatoms. The number of methoxy groups -OCH3 is 1. The van der Waals surface area contributed by atoms with Crippen molar-refractivity contribution in [3.63, 3.8) is 0 Å². The van der Waals surface area contributed by atoms with Gasteiger partial charge in [-0.1, -0.05) is 19.9 Å². The Hall–Kier alpha value is -2.95. The molecule has 1 N–H and O–H groups in total. The molecule has 0 aliphatic carbocycles. The van der Waals surface area contributed by atoms with E-state index in [4.69, 9.17) is 4.74 Å². The molecule has 1 aromatic carbocycles. The topological polar surface area (TPSA) is 63.6 Å². The number of aliphatic imine (C=N–C) groups is 1. The van der Waals surface area contributed by atoms with Gasteiger partial charge < -0.3 is 10.1 Å². The smallest absolute Gasteiger partial charge is 0.275 e. The van der Waals surface area contributed by atoms with Gasteiger partial charge >= 0.3 is 0 Å². The largest absolute Gasteiger partial charge is 0.496 e. The Balaban J connectivity index is 2.00. The van der Waals surface area contributed by atoms with E-state index >= 15 is 0 Å². The van der Waals surface area contributed by atoms with Crippen LogP contribution in [-0.2, 0) is 4.79 Å². The zero-order valence-corrected chi connectivity index (χ0v) is 13.9. The second-order valence-corrected chi connectivity index (χ2v) is 5.84. The lowest BCUT2D eigenvalue weighted by Gasteiger charge is -2.10. The molecule has 2 aromatic rings. The van der Waals surface area contributed by atoms with E-state index in [1.165, 1.54) is 5.56 Å². The monoisotopic (exact) mass is 321 g/mol. The highest BCUT2D eigenvalue weighted by atomic mass is 16.5. The van der Waals surface area contributed by atoms with Crippen LogP contribution in [0.2, 0.25) is 0 Å². The summed E-state index contributed by atoms with van der Waals surface area (Å²) in [7, 11) is 1.62. The number of hydrogen-bond donors (Lipinski definition) is 1. The van der Waals surface area contributed by atoms with Crippen molar-refractivity contribution in [2.24, 2.45) is 4.99 Å². The molecule has 24 heavy (non-hydrogen) atoms. The number of amides is 1. The van der Waals surface area contributed by atoms with Gasteiger partial charge in [0.1, 0.15) is 17.3 Å². The normalized spacial score (nSPS) is 15.6. The zero-order valence-electron chi connectivity index (χ0n) is 13.9. The molecule has 3 rings (SSSR count). The van der Waals surface area contributed by atoms with Crippen LogP contribution >= 0.6 is 0 Å². The van der Waals surface area contributed by atoms with Crippen molar-refractivity contribution in [1.29, 1.82) is 0 Å². The van der Waals surface area contributed by atoms with Crippen molar-refractivity contribution in [2.75, 3.05) is 7.11 Å². The van der Waals surface area contributed by atoms with Crippen molar-refractivity contribution in [1.82, 2.24) is 10.3 Å². The van der Waals surface area contributed by atoms with Gasteiger partial charge in [-0.05, 0) is 41.8 Å². The molecule has 0 unspecified atom stereocenters. The van der Waals surface area contributed by atoms with E-state index in [0.717, 1.165) is 11.1 Å². The Morgan fingerprint density at radius 3 is 2.58 bits per heavy atom. The number of nitrogens with zero attached hydrogens (tertiary/aromatic N) is 2. The highest BCUT2D eigenvalue weighted by Gasteiger charge is 2.21. The van der Waals surface area contributed by atoms with Gasteiger partial charge in [0.2, 0.25) is 0 Å². The van der Waals surface area contributed by atoms with Gasteiger partial charge in [-0.15, -0.1) is 0 Å². The molecule has 1 aliphatic heterocycles. The summed E-state index contributed by atoms with van der Waals surface area (Å²) < 4.78 is 5.40. The fraction of sp³-hybridized carbons (Fsp3) is 0.211. The fourth-order valence-electron chi connectivity index (χ4n) is 2.49. The van der Waals surface area contributed by atoms with Crippen molar-refractivity contribution in [3.05, 3.63) is 65.1 Å². The predicted octanol–water partition coefficient (Wildman–Crippen LogP) is 3.13. The second kappa shape index (κ2) is 6.66. The number of carbonyl (C=O) groups is 1. The van der Waals surface area contributed by atoms with Gasteiger partial charge in [0.25, 0.3) is 5.91 Å². The standard InChI is InChI=1S/C19H19N3O2/c1-12(2)14-4-5-17(24-3)15(10-14)11-16-19(23)22-18(21-16)13-6-8-20-9-7-13/h4-12H,1-3H3,(H,21,22,23)/b16-11-. The van der Waals surface area contributed by atoms with Crippen molar-refractivity contribution >= 4 is 17.8 Å². The first-order valence-electron chi connectivity index (χ1n) is 7.78. The van der Waals surface area contributed by atoms with E-state index in [2.05, 4.69) is 29.1 Å². The maximum Gasteiger partial charge on any atom is 0.275 e. The lowest BCUT2D eigenvalue weighted by molar-refractivity contribution is -0.115. The number of benzene rings is 1. The highest BCUT2D eigenvalue weighted by molar-refractivity contribution is 6.19. The molecule has 1 aliphatic rings. The average Bonchev–Trinajstić information content (AvgIpc) is 2.96. The molecule has 0 spiro atoms. The van der Waals surface area contributed by atoms with Gasteiger partial charge in [0.05, 0.1) is 7.11 Å². The third kappa shape index (κ3) is 3.20. The Morgan fingerprint density at radius 2 is 1.92 bits per heavy atom. The first kappa shape index (κ1) is 15.9. The quantitative estimate of drug-likeness (QED) is 0.880. The molecule has 1 amide bonds. The molecule has 2 heterocycles. The van der Waals surface area contributed by atoms with Crippen LogP contribution in [-0.4, -0.2) is 23.8 Å². The number of ether oxygens (including phenoxy) is 1. The number of pyridine rings is 1. The fourth-order valence-corrected chi connectivity index (χ4v) is 2.49. The van der Waals surface area contributed by atoms with Gasteiger partial charge in [-0.2, -0.15) is 0 Å². The first-order valence-corrected chi connectivity index (χ1v) is 7.78. The lowest BCUT2D eigenvalue weighted by Crippen LogP contribution is -2.24. The minimum absolute atomic E-state index is 0.223. The van der Waals surface area contributed by atoms with Crippen LogP contribution in [0.4, 0.5) is 0 Å². The maximum absolute atomic E-state index is 12.2. The minimum Gasteiger partial charge on any atom is -0.496 e. The number of carbonyl (C=O) groups excluding carboxylic acids is 1. The molecule has 5 nitrogen and oxygen atoms in total. The van der Waals surface area contributed by atoms with Crippen molar-refractivity contribution in [2.45, 2.75) is 19.8 Å². The van der Waals surface area contributed by atoms with Gasteiger partial charge in [0, 0.05) is 23.5 Å². The molecule has 0 atom stereocenters. The third-order valence-corrected chi connectivity index (χ3v) is 3.86. The number of nitrogens with one attached hydrogen (secondary N) is 1. The summed E-state index contributed by atoms with van der Waals surface area (Å²) in [4.78, 5) is 20.6. The summed E-state index contributed by atoms with van der Waals surface area (Å²) in [6, 6.07) is 9.60. The second-order valence-electron chi connectivity index (χ2n) is 5.84. The third-order valence-electron chi connectivity index (χ3n) is 3.86. The van der Waals surface area contributed by atoms with Gasteiger partial charge in [0.15, 0.2) is 0 Å². The molecule has 0 saturated heterocycles.